The van der Waals surface area contributed by atoms with E-state index in [0.717, 1.165) is 0 Å². The Morgan fingerprint density at radius 2 is 1.84 bits per heavy atom. The highest BCUT2D eigenvalue weighted by Gasteiger charge is 2.33. The molecule has 106 valence electrons. The fourth-order valence-corrected chi connectivity index (χ4v) is 4.40. The second-order valence-corrected chi connectivity index (χ2v) is 7.26. The number of halogens is 1. The molecule has 4 nitrogen and oxygen atoms in total. The first kappa shape index (κ1) is 14.8. The molecule has 6 heteroatoms. The molecule has 1 fully saturated rings. The maximum Gasteiger partial charge on any atom is 0.243 e. The lowest BCUT2D eigenvalue weighted by molar-refractivity contribution is -0.0440. The zero-order valence-electron chi connectivity index (χ0n) is 11.3. The predicted molar refractivity (Wildman–Crippen MR) is 75.0 cm³/mol. The van der Waals surface area contributed by atoms with E-state index in [1.54, 1.807) is 25.1 Å². The molecule has 0 N–H and O–H groups in total. The molecule has 1 aliphatic rings. The molecule has 2 atom stereocenters. The maximum absolute atomic E-state index is 12.7. The van der Waals surface area contributed by atoms with E-state index in [2.05, 4.69) is 0 Å². The van der Waals surface area contributed by atoms with Gasteiger partial charge in [0.2, 0.25) is 10.0 Å². The second kappa shape index (κ2) is 5.40. The summed E-state index contributed by atoms with van der Waals surface area (Å²) in [5.41, 5.74) is 0.593. The summed E-state index contributed by atoms with van der Waals surface area (Å²) in [5, 5.41) is 0.468. The summed E-state index contributed by atoms with van der Waals surface area (Å²) in [6, 6.07) is 4.96. The fraction of sp³-hybridized carbons (Fsp3) is 0.538. The fourth-order valence-electron chi connectivity index (χ4n) is 2.33. The van der Waals surface area contributed by atoms with Crippen LogP contribution in [0, 0.1) is 6.92 Å². The van der Waals surface area contributed by atoms with Crippen molar-refractivity contribution in [2.75, 3.05) is 13.1 Å². The van der Waals surface area contributed by atoms with Gasteiger partial charge in [0, 0.05) is 18.1 Å². The Hall–Kier alpha value is -0.620. The highest BCUT2D eigenvalue weighted by Crippen LogP contribution is 2.27. The van der Waals surface area contributed by atoms with E-state index in [1.807, 2.05) is 13.8 Å². The summed E-state index contributed by atoms with van der Waals surface area (Å²) in [5.74, 6) is 0. The summed E-state index contributed by atoms with van der Waals surface area (Å²) >= 11 is 6.01. The molecule has 19 heavy (non-hydrogen) atoms. The Bertz CT molecular complexity index is 563. The van der Waals surface area contributed by atoms with Crippen molar-refractivity contribution in [3.8, 4) is 0 Å². The van der Waals surface area contributed by atoms with Crippen molar-refractivity contribution in [1.82, 2.24) is 4.31 Å². The molecule has 0 aliphatic carbocycles. The standard InChI is InChI=1S/C13H18ClNO3S/c1-9-7-15(8-10(2)18-9)19(16,17)13-6-4-5-12(14)11(13)3/h4-6,9-10H,7-8H2,1-3H3/t9-,10+. The van der Waals surface area contributed by atoms with Crippen LogP contribution in [0.15, 0.2) is 23.1 Å². The molecule has 0 amide bonds. The van der Waals surface area contributed by atoms with E-state index in [4.69, 9.17) is 16.3 Å². The van der Waals surface area contributed by atoms with Gasteiger partial charge in [0.25, 0.3) is 0 Å². The van der Waals surface area contributed by atoms with E-state index in [1.165, 1.54) is 4.31 Å². The number of nitrogens with zero attached hydrogens (tertiary/aromatic N) is 1. The van der Waals surface area contributed by atoms with E-state index in [0.29, 0.717) is 23.7 Å². The minimum atomic E-state index is -3.51. The zero-order chi connectivity index (χ0) is 14.2. The van der Waals surface area contributed by atoms with Crippen molar-refractivity contribution in [2.45, 2.75) is 37.9 Å². The van der Waals surface area contributed by atoms with Crippen LogP contribution in [0.3, 0.4) is 0 Å². The smallest absolute Gasteiger partial charge is 0.243 e. The van der Waals surface area contributed by atoms with Crippen LogP contribution >= 0.6 is 11.6 Å². The Labute approximate surface area is 119 Å². The summed E-state index contributed by atoms with van der Waals surface area (Å²) in [6.45, 7) is 6.23. The SMILES string of the molecule is Cc1c(Cl)cccc1S(=O)(=O)N1C[C@@H](C)O[C@@H](C)C1. The van der Waals surface area contributed by atoms with Gasteiger partial charge in [0.15, 0.2) is 0 Å². The second-order valence-electron chi connectivity index (χ2n) is 4.94. The lowest BCUT2D eigenvalue weighted by Crippen LogP contribution is -2.48. The van der Waals surface area contributed by atoms with Crippen molar-refractivity contribution in [2.24, 2.45) is 0 Å². The molecule has 0 aromatic heterocycles. The van der Waals surface area contributed by atoms with Crippen molar-refractivity contribution in [1.29, 1.82) is 0 Å². The molecule has 0 spiro atoms. The first-order chi connectivity index (χ1) is 8.82. The van der Waals surface area contributed by atoms with Gasteiger partial charge in [-0.1, -0.05) is 17.7 Å². The monoisotopic (exact) mass is 303 g/mol. The van der Waals surface area contributed by atoms with Crippen LogP contribution in [0.4, 0.5) is 0 Å². The van der Waals surface area contributed by atoms with E-state index in [9.17, 15) is 8.42 Å². The Kier molecular flexibility index (Phi) is 4.20. The number of sulfonamides is 1. The molecule has 0 bridgehead atoms. The molecule has 0 unspecified atom stereocenters. The van der Waals surface area contributed by atoms with Gasteiger partial charge in [-0.3, -0.25) is 0 Å². The van der Waals surface area contributed by atoms with E-state index < -0.39 is 10.0 Å². The summed E-state index contributed by atoms with van der Waals surface area (Å²) < 4.78 is 32.4. The average molecular weight is 304 g/mol. The average Bonchev–Trinajstić information content (AvgIpc) is 2.31. The molecule has 1 aliphatic heterocycles. The summed E-state index contributed by atoms with van der Waals surface area (Å²) in [4.78, 5) is 0.279. The quantitative estimate of drug-likeness (QED) is 0.843. The molecular weight excluding hydrogens is 286 g/mol. The highest BCUT2D eigenvalue weighted by molar-refractivity contribution is 7.89. The van der Waals surface area contributed by atoms with Crippen LogP contribution < -0.4 is 0 Å². The number of benzene rings is 1. The normalized spacial score (nSPS) is 25.5. The zero-order valence-corrected chi connectivity index (χ0v) is 12.8. The third kappa shape index (κ3) is 2.94. The Morgan fingerprint density at radius 1 is 1.26 bits per heavy atom. The lowest BCUT2D eigenvalue weighted by atomic mass is 10.2. The van der Waals surface area contributed by atoms with Gasteiger partial charge in [0.1, 0.15) is 0 Å². The topological polar surface area (TPSA) is 46.6 Å². The molecule has 0 saturated carbocycles. The van der Waals surface area contributed by atoms with Gasteiger partial charge >= 0.3 is 0 Å². The molecule has 1 aromatic carbocycles. The predicted octanol–water partition coefficient (Wildman–Crippen LogP) is 2.45. The van der Waals surface area contributed by atoms with Crippen LogP contribution in [0.5, 0.6) is 0 Å². The van der Waals surface area contributed by atoms with Gasteiger partial charge in [-0.25, -0.2) is 8.42 Å². The molecule has 1 aromatic rings. The van der Waals surface area contributed by atoms with Gasteiger partial charge < -0.3 is 4.74 Å². The van der Waals surface area contributed by atoms with Crippen molar-refractivity contribution in [3.63, 3.8) is 0 Å². The van der Waals surface area contributed by atoms with Crippen LogP contribution in [0.1, 0.15) is 19.4 Å². The number of morpholine rings is 1. The van der Waals surface area contributed by atoms with Crippen molar-refractivity contribution >= 4 is 21.6 Å². The van der Waals surface area contributed by atoms with E-state index in [-0.39, 0.29) is 17.1 Å². The minimum Gasteiger partial charge on any atom is -0.373 e. The van der Waals surface area contributed by atoms with Gasteiger partial charge in [-0.2, -0.15) is 4.31 Å². The van der Waals surface area contributed by atoms with Gasteiger partial charge in [0.05, 0.1) is 17.1 Å². The Morgan fingerprint density at radius 3 is 2.42 bits per heavy atom. The molecule has 2 rings (SSSR count). The molecular formula is C13H18ClNO3S. The molecule has 1 saturated heterocycles. The lowest BCUT2D eigenvalue weighted by Gasteiger charge is -2.34. The van der Waals surface area contributed by atoms with Crippen LogP contribution in [-0.4, -0.2) is 38.0 Å². The first-order valence-electron chi connectivity index (χ1n) is 6.23. The highest BCUT2D eigenvalue weighted by atomic mass is 35.5. The third-order valence-corrected chi connectivity index (χ3v) is 5.61. The number of rotatable bonds is 2. The van der Waals surface area contributed by atoms with Crippen molar-refractivity contribution in [3.05, 3.63) is 28.8 Å². The number of ether oxygens (including phenoxy) is 1. The Balaban J connectivity index is 2.39. The van der Waals surface area contributed by atoms with Gasteiger partial charge in [-0.05, 0) is 38.5 Å². The first-order valence-corrected chi connectivity index (χ1v) is 8.05. The summed E-state index contributed by atoms with van der Waals surface area (Å²) in [6.07, 6.45) is -0.198. The van der Waals surface area contributed by atoms with E-state index >= 15 is 0 Å². The summed E-state index contributed by atoms with van der Waals surface area (Å²) in [7, 11) is -3.51. The van der Waals surface area contributed by atoms with Gasteiger partial charge in [-0.15, -0.1) is 0 Å². The van der Waals surface area contributed by atoms with Crippen LogP contribution in [0.25, 0.3) is 0 Å². The van der Waals surface area contributed by atoms with Crippen LogP contribution in [-0.2, 0) is 14.8 Å². The largest absolute Gasteiger partial charge is 0.373 e. The molecule has 1 heterocycles. The van der Waals surface area contributed by atoms with Crippen molar-refractivity contribution < 1.29 is 13.2 Å². The number of hydrogen-bond donors (Lipinski definition) is 0. The number of hydrogen-bond acceptors (Lipinski definition) is 3. The minimum absolute atomic E-state index is 0.0991. The maximum atomic E-state index is 12.7. The third-order valence-electron chi connectivity index (χ3n) is 3.22. The molecule has 0 radical (unpaired) electrons. The van der Waals surface area contributed by atoms with Crippen LogP contribution in [0.2, 0.25) is 5.02 Å².